The topological polar surface area (TPSA) is 106 Å². The molecule has 0 unspecified atom stereocenters. The number of nitrogens with one attached hydrogen (secondary N) is 2. The third kappa shape index (κ3) is 8.18. The first kappa shape index (κ1) is 25.8. The number of thioether (sulfide) groups is 1. The molecule has 182 valence electrons. The van der Waals surface area contributed by atoms with Gasteiger partial charge in [0.2, 0.25) is 17.7 Å². The molecule has 0 saturated carbocycles. The molecule has 2 N–H and O–H groups in total. The first-order valence-electron chi connectivity index (χ1n) is 11.0. The van der Waals surface area contributed by atoms with Crippen LogP contribution in [0.15, 0.2) is 45.3 Å². The van der Waals surface area contributed by atoms with E-state index in [-0.39, 0.29) is 23.7 Å². The zero-order valence-corrected chi connectivity index (χ0v) is 21.5. The van der Waals surface area contributed by atoms with Gasteiger partial charge in [0.1, 0.15) is 11.5 Å². The molecule has 0 saturated heterocycles. The predicted molar refractivity (Wildman–Crippen MR) is 134 cm³/mol. The largest absolute Gasteiger partial charge is 0.494 e. The van der Waals surface area contributed by atoms with Crippen LogP contribution in [-0.4, -0.2) is 35.4 Å². The molecule has 2 heterocycles. The number of benzene rings is 1. The normalized spacial score (nSPS) is 11.3. The lowest BCUT2D eigenvalue weighted by atomic mass is 9.94. The Hall–Kier alpha value is -2.85. The molecule has 0 radical (unpaired) electrons. The highest BCUT2D eigenvalue weighted by Gasteiger charge is 2.19. The van der Waals surface area contributed by atoms with Crippen LogP contribution < -0.4 is 15.4 Å². The number of carbonyl (C=O) groups is 2. The maximum absolute atomic E-state index is 12.4. The van der Waals surface area contributed by atoms with Crippen LogP contribution in [0.3, 0.4) is 0 Å². The number of carbonyl (C=O) groups excluding carboxylic acids is 2. The molecule has 2 amide bonds. The summed E-state index contributed by atoms with van der Waals surface area (Å²) in [6, 6.07) is 7.38. The molecule has 10 heteroatoms. The lowest BCUT2D eigenvalue weighted by Crippen LogP contribution is -2.18. The van der Waals surface area contributed by atoms with E-state index in [1.54, 1.807) is 31.2 Å². The summed E-state index contributed by atoms with van der Waals surface area (Å²) in [5, 5.41) is 6.00. The van der Waals surface area contributed by atoms with E-state index in [0.717, 1.165) is 15.5 Å². The molecule has 0 aliphatic rings. The standard InChI is InChI=1S/C24H30N4O4S2/c1-24(2,3)18-13-26-21(32-18)15-33-22-14-27-23(34-22)28-20(30)12-16-7-9-17(10-8-16)31-11-5-6-19(29)25-4/h7-10,13-14H,5-6,11-12,15H2,1-4H3,(H,25,29)(H,27,28,30). The van der Waals surface area contributed by atoms with Gasteiger partial charge in [0.05, 0.1) is 35.4 Å². The molecule has 2 aromatic heterocycles. The number of thiazole rings is 1. The van der Waals surface area contributed by atoms with Crippen molar-refractivity contribution in [3.8, 4) is 5.75 Å². The fourth-order valence-electron chi connectivity index (χ4n) is 2.84. The molecule has 1 aromatic carbocycles. The highest BCUT2D eigenvalue weighted by atomic mass is 32.2. The molecule has 0 aliphatic heterocycles. The van der Waals surface area contributed by atoms with Crippen LogP contribution in [0.1, 0.15) is 50.8 Å². The second-order valence-electron chi connectivity index (χ2n) is 8.64. The Bertz CT molecular complexity index is 1090. The zero-order chi connectivity index (χ0) is 24.6. The lowest BCUT2D eigenvalue weighted by Gasteiger charge is -2.12. The molecule has 0 bridgehead atoms. The van der Waals surface area contributed by atoms with E-state index in [4.69, 9.17) is 9.15 Å². The minimum atomic E-state index is -0.132. The van der Waals surface area contributed by atoms with Crippen molar-refractivity contribution in [2.75, 3.05) is 19.0 Å². The third-order valence-electron chi connectivity index (χ3n) is 4.75. The number of amides is 2. The number of nitrogens with zero attached hydrogens (tertiary/aromatic N) is 2. The summed E-state index contributed by atoms with van der Waals surface area (Å²) < 4.78 is 12.4. The van der Waals surface area contributed by atoms with E-state index in [2.05, 4.69) is 41.4 Å². The van der Waals surface area contributed by atoms with Crippen molar-refractivity contribution in [2.24, 2.45) is 0 Å². The number of oxazole rings is 1. The van der Waals surface area contributed by atoms with Crippen LogP contribution in [0, 0.1) is 0 Å². The quantitative estimate of drug-likeness (QED) is 0.286. The van der Waals surface area contributed by atoms with Crippen LogP contribution in [0.25, 0.3) is 0 Å². The molecule has 3 rings (SSSR count). The van der Waals surface area contributed by atoms with E-state index < -0.39 is 0 Å². The summed E-state index contributed by atoms with van der Waals surface area (Å²) >= 11 is 3.00. The maximum atomic E-state index is 12.4. The van der Waals surface area contributed by atoms with Gasteiger partial charge in [-0.3, -0.25) is 9.59 Å². The Morgan fingerprint density at radius 2 is 1.88 bits per heavy atom. The zero-order valence-electron chi connectivity index (χ0n) is 19.8. The average molecular weight is 503 g/mol. The van der Waals surface area contributed by atoms with Gasteiger partial charge in [-0.2, -0.15) is 0 Å². The second kappa shape index (κ2) is 12.0. The highest BCUT2D eigenvalue weighted by Crippen LogP contribution is 2.31. The Labute approximate surface area is 207 Å². The molecule has 0 spiro atoms. The van der Waals surface area contributed by atoms with Gasteiger partial charge in [0, 0.05) is 18.9 Å². The predicted octanol–water partition coefficient (Wildman–Crippen LogP) is 4.81. The van der Waals surface area contributed by atoms with Crippen molar-refractivity contribution in [3.63, 3.8) is 0 Å². The lowest BCUT2D eigenvalue weighted by molar-refractivity contribution is -0.120. The number of hydrogen-bond acceptors (Lipinski definition) is 8. The SMILES string of the molecule is CNC(=O)CCCOc1ccc(CC(=O)Nc2ncc(SCc3ncc(C(C)(C)C)o3)s2)cc1. The van der Waals surface area contributed by atoms with Crippen molar-refractivity contribution in [1.29, 1.82) is 0 Å². The van der Waals surface area contributed by atoms with Crippen molar-refractivity contribution in [3.05, 3.63) is 53.9 Å². The second-order valence-corrected chi connectivity index (χ2v) is 10.9. The van der Waals surface area contributed by atoms with E-state index in [0.29, 0.717) is 42.0 Å². The third-order valence-corrected chi connectivity index (χ3v) is 6.84. The number of hydrogen-bond donors (Lipinski definition) is 2. The molecular weight excluding hydrogens is 472 g/mol. The van der Waals surface area contributed by atoms with Gasteiger partial charge in [-0.1, -0.05) is 44.2 Å². The molecule has 8 nitrogen and oxygen atoms in total. The van der Waals surface area contributed by atoms with E-state index in [1.165, 1.54) is 11.3 Å². The summed E-state index contributed by atoms with van der Waals surface area (Å²) in [5.41, 5.74) is 0.804. The number of ether oxygens (including phenoxy) is 1. The summed E-state index contributed by atoms with van der Waals surface area (Å²) in [4.78, 5) is 32.3. The van der Waals surface area contributed by atoms with Gasteiger partial charge >= 0.3 is 0 Å². The first-order chi connectivity index (χ1) is 16.2. The molecule has 0 fully saturated rings. The summed E-state index contributed by atoms with van der Waals surface area (Å²) in [6.45, 7) is 6.72. The highest BCUT2D eigenvalue weighted by molar-refractivity contribution is 8.00. The maximum Gasteiger partial charge on any atom is 0.230 e. The van der Waals surface area contributed by atoms with Crippen LogP contribution in [0.4, 0.5) is 5.13 Å². The van der Waals surface area contributed by atoms with Crippen LogP contribution in [-0.2, 0) is 27.2 Å². The van der Waals surface area contributed by atoms with E-state index in [1.807, 2.05) is 24.3 Å². The monoisotopic (exact) mass is 502 g/mol. The molecule has 3 aromatic rings. The van der Waals surface area contributed by atoms with Crippen molar-refractivity contribution in [1.82, 2.24) is 15.3 Å². The fraction of sp³-hybridized carbons (Fsp3) is 0.417. The van der Waals surface area contributed by atoms with Gasteiger partial charge in [0.25, 0.3) is 0 Å². The van der Waals surface area contributed by atoms with Crippen molar-refractivity contribution in [2.45, 2.75) is 55.4 Å². The van der Waals surface area contributed by atoms with Crippen molar-refractivity contribution >= 4 is 40.0 Å². The Kier molecular flexibility index (Phi) is 9.12. The number of aromatic nitrogens is 2. The first-order valence-corrected chi connectivity index (χ1v) is 12.8. The van der Waals surface area contributed by atoms with Gasteiger partial charge in [-0.25, -0.2) is 9.97 Å². The fourth-order valence-corrected chi connectivity index (χ4v) is 4.58. The van der Waals surface area contributed by atoms with Gasteiger partial charge in [0.15, 0.2) is 5.13 Å². The average Bonchev–Trinajstić information content (AvgIpc) is 3.45. The molecule has 0 aliphatic carbocycles. The van der Waals surface area contributed by atoms with Gasteiger partial charge in [-0.05, 0) is 24.1 Å². The summed E-state index contributed by atoms with van der Waals surface area (Å²) in [7, 11) is 1.62. The summed E-state index contributed by atoms with van der Waals surface area (Å²) in [6.07, 6.45) is 4.84. The molecule has 34 heavy (non-hydrogen) atoms. The number of anilines is 1. The molecular formula is C24H30N4O4S2. The molecule has 0 atom stereocenters. The number of rotatable bonds is 11. The van der Waals surface area contributed by atoms with Crippen molar-refractivity contribution < 1.29 is 18.7 Å². The van der Waals surface area contributed by atoms with Crippen LogP contribution in [0.5, 0.6) is 5.75 Å². The Morgan fingerprint density at radius 1 is 1.12 bits per heavy atom. The van der Waals surface area contributed by atoms with Gasteiger partial charge in [-0.15, -0.1) is 11.8 Å². The minimum Gasteiger partial charge on any atom is -0.494 e. The van der Waals surface area contributed by atoms with E-state index in [9.17, 15) is 9.59 Å². The van der Waals surface area contributed by atoms with E-state index >= 15 is 0 Å². The van der Waals surface area contributed by atoms with Gasteiger partial charge < -0.3 is 19.8 Å². The van der Waals surface area contributed by atoms with Crippen LogP contribution >= 0.6 is 23.1 Å². The summed E-state index contributed by atoms with van der Waals surface area (Å²) in [5.74, 6) is 2.72. The Morgan fingerprint density at radius 3 is 2.56 bits per heavy atom. The smallest absolute Gasteiger partial charge is 0.230 e. The van der Waals surface area contributed by atoms with Crippen LogP contribution in [0.2, 0.25) is 0 Å². The Balaban J connectivity index is 1.41. The minimum absolute atomic E-state index is 0.000117.